The van der Waals surface area contributed by atoms with Crippen LogP contribution in [0.1, 0.15) is 19.8 Å². The number of hydrogen-bond donors (Lipinski definition) is 3. The third kappa shape index (κ3) is 4.33. The SMILES string of the molecule is CC1(C(=O)O)CCN(C(=O)N(CC(N)=O)CC(N)=O)CC1. The van der Waals surface area contributed by atoms with Crippen LogP contribution in [0.5, 0.6) is 0 Å². The Morgan fingerprint density at radius 1 is 1.10 bits per heavy atom. The molecule has 0 aliphatic carbocycles. The van der Waals surface area contributed by atoms with Gasteiger partial charge in [-0.1, -0.05) is 0 Å². The second-order valence-corrected chi connectivity index (χ2v) is 5.42. The highest BCUT2D eigenvalue weighted by molar-refractivity contribution is 5.87. The van der Waals surface area contributed by atoms with Crippen molar-refractivity contribution in [1.29, 1.82) is 0 Å². The summed E-state index contributed by atoms with van der Waals surface area (Å²) < 4.78 is 0. The van der Waals surface area contributed by atoms with E-state index in [-0.39, 0.29) is 13.1 Å². The first-order valence-corrected chi connectivity index (χ1v) is 6.49. The number of aliphatic carboxylic acids is 1. The van der Waals surface area contributed by atoms with Crippen LogP contribution < -0.4 is 11.5 Å². The van der Waals surface area contributed by atoms with E-state index < -0.39 is 42.3 Å². The summed E-state index contributed by atoms with van der Waals surface area (Å²) >= 11 is 0. The van der Waals surface area contributed by atoms with E-state index in [9.17, 15) is 19.2 Å². The van der Waals surface area contributed by atoms with Crippen LogP contribution in [0.2, 0.25) is 0 Å². The van der Waals surface area contributed by atoms with Crippen molar-refractivity contribution in [3.8, 4) is 0 Å². The number of amides is 4. The minimum Gasteiger partial charge on any atom is -0.481 e. The molecular formula is C12H20N4O5. The van der Waals surface area contributed by atoms with Crippen molar-refractivity contribution in [3.05, 3.63) is 0 Å². The first kappa shape index (κ1) is 16.7. The van der Waals surface area contributed by atoms with E-state index in [0.717, 1.165) is 4.90 Å². The maximum absolute atomic E-state index is 12.2. The Morgan fingerprint density at radius 3 is 1.86 bits per heavy atom. The number of nitrogens with two attached hydrogens (primary N) is 2. The molecule has 1 fully saturated rings. The number of primary amides is 2. The molecule has 1 rings (SSSR count). The summed E-state index contributed by atoms with van der Waals surface area (Å²) in [6, 6.07) is -0.542. The molecule has 9 heteroatoms. The predicted molar refractivity (Wildman–Crippen MR) is 71.9 cm³/mol. The average Bonchev–Trinajstić information content (AvgIpc) is 2.36. The number of likely N-dealkylation sites (tertiary alicyclic amines) is 1. The molecule has 0 aromatic heterocycles. The van der Waals surface area contributed by atoms with Gasteiger partial charge in [0.1, 0.15) is 13.1 Å². The number of piperidine rings is 1. The van der Waals surface area contributed by atoms with Crippen molar-refractivity contribution >= 4 is 23.8 Å². The Morgan fingerprint density at radius 2 is 1.52 bits per heavy atom. The van der Waals surface area contributed by atoms with E-state index in [1.54, 1.807) is 6.92 Å². The van der Waals surface area contributed by atoms with Crippen molar-refractivity contribution in [2.24, 2.45) is 16.9 Å². The van der Waals surface area contributed by atoms with Crippen LogP contribution in [-0.4, -0.2) is 64.9 Å². The van der Waals surface area contributed by atoms with E-state index in [1.165, 1.54) is 4.90 Å². The number of carbonyl (C=O) groups is 4. The van der Waals surface area contributed by atoms with Crippen LogP contribution in [0.3, 0.4) is 0 Å². The molecule has 1 heterocycles. The van der Waals surface area contributed by atoms with E-state index in [2.05, 4.69) is 0 Å². The van der Waals surface area contributed by atoms with Gasteiger partial charge in [0.15, 0.2) is 0 Å². The highest BCUT2D eigenvalue weighted by atomic mass is 16.4. The van der Waals surface area contributed by atoms with Crippen molar-refractivity contribution in [3.63, 3.8) is 0 Å². The topological polar surface area (TPSA) is 147 Å². The highest BCUT2D eigenvalue weighted by Gasteiger charge is 2.39. The van der Waals surface area contributed by atoms with Crippen LogP contribution >= 0.6 is 0 Å². The zero-order valence-electron chi connectivity index (χ0n) is 11.9. The lowest BCUT2D eigenvalue weighted by Crippen LogP contribution is -2.53. The molecule has 5 N–H and O–H groups in total. The molecule has 0 atom stereocenters. The Labute approximate surface area is 121 Å². The minimum absolute atomic E-state index is 0.232. The molecule has 21 heavy (non-hydrogen) atoms. The summed E-state index contributed by atoms with van der Waals surface area (Å²) in [7, 11) is 0. The Bertz CT molecular complexity index is 441. The van der Waals surface area contributed by atoms with Crippen molar-refractivity contribution in [1.82, 2.24) is 9.80 Å². The van der Waals surface area contributed by atoms with Gasteiger partial charge in [-0.2, -0.15) is 0 Å². The number of carboxylic acids is 1. The summed E-state index contributed by atoms with van der Waals surface area (Å²) in [6.45, 7) is 1.27. The largest absolute Gasteiger partial charge is 0.481 e. The molecule has 1 aliphatic rings. The lowest BCUT2D eigenvalue weighted by Gasteiger charge is -2.38. The van der Waals surface area contributed by atoms with Gasteiger partial charge < -0.3 is 26.4 Å². The Balaban J connectivity index is 2.71. The first-order valence-electron chi connectivity index (χ1n) is 6.49. The number of nitrogens with zero attached hydrogens (tertiary/aromatic N) is 2. The first-order chi connectivity index (χ1) is 9.65. The monoisotopic (exact) mass is 300 g/mol. The summed E-state index contributed by atoms with van der Waals surface area (Å²) in [4.78, 5) is 47.6. The van der Waals surface area contributed by atoms with Crippen LogP contribution in [0.25, 0.3) is 0 Å². The molecule has 0 spiro atoms. The van der Waals surface area contributed by atoms with Crippen LogP contribution in [0, 0.1) is 5.41 Å². The van der Waals surface area contributed by atoms with E-state index in [4.69, 9.17) is 16.6 Å². The van der Waals surface area contributed by atoms with E-state index in [0.29, 0.717) is 12.8 Å². The Kier molecular flexibility index (Phi) is 5.12. The maximum Gasteiger partial charge on any atom is 0.320 e. The Hall–Kier alpha value is -2.32. The van der Waals surface area contributed by atoms with Crippen LogP contribution in [-0.2, 0) is 14.4 Å². The van der Waals surface area contributed by atoms with Crippen LogP contribution in [0.4, 0.5) is 4.79 Å². The van der Waals surface area contributed by atoms with E-state index >= 15 is 0 Å². The summed E-state index contributed by atoms with van der Waals surface area (Å²) in [5.74, 6) is -2.41. The summed E-state index contributed by atoms with van der Waals surface area (Å²) in [5, 5.41) is 9.13. The number of rotatable bonds is 5. The number of carbonyl (C=O) groups excluding carboxylic acids is 3. The normalized spacial score (nSPS) is 17.1. The second-order valence-electron chi connectivity index (χ2n) is 5.42. The van der Waals surface area contributed by atoms with Crippen LogP contribution in [0.15, 0.2) is 0 Å². The van der Waals surface area contributed by atoms with Gasteiger partial charge in [-0.25, -0.2) is 4.79 Å². The minimum atomic E-state index is -0.902. The number of hydrogen-bond acceptors (Lipinski definition) is 4. The maximum atomic E-state index is 12.2. The van der Waals surface area contributed by atoms with Gasteiger partial charge in [-0.15, -0.1) is 0 Å². The average molecular weight is 300 g/mol. The molecule has 0 aromatic carbocycles. The fraction of sp³-hybridized carbons (Fsp3) is 0.667. The molecule has 0 aromatic rings. The van der Waals surface area contributed by atoms with Gasteiger partial charge in [0, 0.05) is 13.1 Å². The zero-order valence-corrected chi connectivity index (χ0v) is 11.9. The molecular weight excluding hydrogens is 280 g/mol. The van der Waals surface area contributed by atoms with Gasteiger partial charge in [0.05, 0.1) is 5.41 Å². The van der Waals surface area contributed by atoms with Gasteiger partial charge >= 0.3 is 12.0 Å². The summed E-state index contributed by atoms with van der Waals surface area (Å²) in [5.41, 5.74) is 9.21. The molecule has 118 valence electrons. The lowest BCUT2D eigenvalue weighted by molar-refractivity contribution is -0.150. The van der Waals surface area contributed by atoms with Gasteiger partial charge in [0.25, 0.3) is 0 Å². The molecule has 0 bridgehead atoms. The predicted octanol–water partition coefficient (Wildman–Crippen LogP) is -1.43. The standard InChI is InChI=1S/C12H20N4O5/c1-12(10(19)20)2-4-15(5-3-12)11(21)16(6-8(13)17)7-9(14)18/h2-7H2,1H3,(H2,13,17)(H2,14,18)(H,19,20). The van der Waals surface area contributed by atoms with Gasteiger partial charge in [-0.05, 0) is 19.8 Å². The molecule has 0 unspecified atom stereocenters. The van der Waals surface area contributed by atoms with Gasteiger partial charge in [-0.3, -0.25) is 14.4 Å². The fourth-order valence-corrected chi connectivity index (χ4v) is 2.17. The molecule has 1 saturated heterocycles. The molecule has 1 aliphatic heterocycles. The number of carboxylic acid groups (broad SMARTS) is 1. The third-order valence-corrected chi connectivity index (χ3v) is 3.62. The summed E-state index contributed by atoms with van der Waals surface area (Å²) in [6.07, 6.45) is 0.601. The van der Waals surface area contributed by atoms with Crippen molar-refractivity contribution < 1.29 is 24.3 Å². The van der Waals surface area contributed by atoms with E-state index in [1.807, 2.05) is 0 Å². The zero-order chi connectivity index (χ0) is 16.2. The smallest absolute Gasteiger partial charge is 0.320 e. The number of urea groups is 1. The lowest BCUT2D eigenvalue weighted by atomic mass is 9.80. The molecule has 9 nitrogen and oxygen atoms in total. The highest BCUT2D eigenvalue weighted by Crippen LogP contribution is 2.31. The quantitative estimate of drug-likeness (QED) is 0.569. The van der Waals surface area contributed by atoms with Crippen molar-refractivity contribution in [2.75, 3.05) is 26.2 Å². The molecule has 4 amide bonds. The molecule has 0 radical (unpaired) electrons. The molecule has 0 saturated carbocycles. The van der Waals surface area contributed by atoms with Gasteiger partial charge in [0.2, 0.25) is 11.8 Å². The third-order valence-electron chi connectivity index (χ3n) is 3.62. The van der Waals surface area contributed by atoms with Crippen molar-refractivity contribution in [2.45, 2.75) is 19.8 Å². The fourth-order valence-electron chi connectivity index (χ4n) is 2.17. The second kappa shape index (κ2) is 6.42.